The largest absolute Gasteiger partial charge is 0.371 e. The molecule has 4 aromatic rings. The SMILES string of the molecule is Nc1nc(-c2ccccc2)cc2nc(C(O)NCc3ccc(F)cc3F)nn12. The van der Waals surface area contributed by atoms with Crippen molar-refractivity contribution in [3.05, 3.63) is 77.6 Å². The van der Waals surface area contributed by atoms with Crippen molar-refractivity contribution in [2.24, 2.45) is 0 Å². The highest BCUT2D eigenvalue weighted by Crippen LogP contribution is 2.20. The fraction of sp³-hybridized carbons (Fsp3) is 0.105. The molecular formula is C19H16F2N6O. The van der Waals surface area contributed by atoms with Gasteiger partial charge < -0.3 is 10.8 Å². The maximum atomic E-state index is 13.7. The minimum Gasteiger partial charge on any atom is -0.371 e. The lowest BCUT2D eigenvalue weighted by atomic mass is 10.1. The smallest absolute Gasteiger partial charge is 0.223 e. The summed E-state index contributed by atoms with van der Waals surface area (Å²) in [4.78, 5) is 8.58. The highest BCUT2D eigenvalue weighted by atomic mass is 19.1. The minimum absolute atomic E-state index is 0.0359. The number of aromatic nitrogens is 4. The Labute approximate surface area is 158 Å². The Hall–Kier alpha value is -3.43. The van der Waals surface area contributed by atoms with E-state index in [0.29, 0.717) is 11.3 Å². The molecule has 0 aliphatic rings. The van der Waals surface area contributed by atoms with Crippen LogP contribution < -0.4 is 11.1 Å². The first kappa shape index (κ1) is 18.0. The molecule has 0 aliphatic carbocycles. The summed E-state index contributed by atoms with van der Waals surface area (Å²) in [5.41, 5.74) is 8.08. The van der Waals surface area contributed by atoms with Gasteiger partial charge in [0, 0.05) is 29.8 Å². The van der Waals surface area contributed by atoms with Crippen molar-refractivity contribution in [3.8, 4) is 11.3 Å². The number of nitrogens with one attached hydrogen (secondary N) is 1. The van der Waals surface area contributed by atoms with Gasteiger partial charge in [-0.3, -0.25) is 5.32 Å². The molecule has 2 aromatic heterocycles. The van der Waals surface area contributed by atoms with Gasteiger partial charge >= 0.3 is 0 Å². The van der Waals surface area contributed by atoms with Crippen molar-refractivity contribution in [2.45, 2.75) is 12.8 Å². The Morgan fingerprint density at radius 3 is 2.61 bits per heavy atom. The summed E-state index contributed by atoms with van der Waals surface area (Å²) in [7, 11) is 0. The molecule has 7 nitrogen and oxygen atoms in total. The van der Waals surface area contributed by atoms with Crippen molar-refractivity contribution in [1.82, 2.24) is 24.9 Å². The van der Waals surface area contributed by atoms with Crippen LogP contribution in [-0.2, 0) is 6.54 Å². The van der Waals surface area contributed by atoms with Crippen LogP contribution in [0.15, 0.2) is 54.6 Å². The molecule has 4 N–H and O–H groups in total. The molecule has 1 unspecified atom stereocenters. The van der Waals surface area contributed by atoms with E-state index in [1.54, 1.807) is 6.07 Å². The van der Waals surface area contributed by atoms with Crippen LogP contribution in [0.3, 0.4) is 0 Å². The van der Waals surface area contributed by atoms with Crippen LogP contribution >= 0.6 is 0 Å². The summed E-state index contributed by atoms with van der Waals surface area (Å²) in [6.07, 6.45) is -1.27. The number of aliphatic hydroxyl groups is 1. The number of aliphatic hydroxyl groups excluding tert-OH is 1. The molecule has 0 bridgehead atoms. The molecule has 4 rings (SSSR count). The van der Waals surface area contributed by atoms with Crippen LogP contribution in [0.2, 0.25) is 0 Å². The van der Waals surface area contributed by atoms with Gasteiger partial charge in [0.25, 0.3) is 0 Å². The molecule has 142 valence electrons. The number of halogens is 2. The van der Waals surface area contributed by atoms with Crippen molar-refractivity contribution < 1.29 is 13.9 Å². The predicted octanol–water partition coefficient (Wildman–Crippen LogP) is 2.43. The van der Waals surface area contributed by atoms with Gasteiger partial charge in [-0.25, -0.2) is 18.7 Å². The number of hydrogen-bond acceptors (Lipinski definition) is 6. The number of nitrogens with two attached hydrogens (primary N) is 1. The molecule has 28 heavy (non-hydrogen) atoms. The normalized spacial score (nSPS) is 12.4. The average molecular weight is 382 g/mol. The van der Waals surface area contributed by atoms with Crippen LogP contribution in [0.4, 0.5) is 14.7 Å². The van der Waals surface area contributed by atoms with Gasteiger partial charge in [0.1, 0.15) is 11.6 Å². The second-order valence-corrected chi connectivity index (χ2v) is 6.12. The summed E-state index contributed by atoms with van der Waals surface area (Å²) in [6.45, 7) is -0.0359. The topological polar surface area (TPSA) is 101 Å². The number of anilines is 1. The van der Waals surface area contributed by atoms with E-state index in [9.17, 15) is 13.9 Å². The first-order valence-corrected chi connectivity index (χ1v) is 8.45. The molecule has 0 amide bonds. The monoisotopic (exact) mass is 382 g/mol. The lowest BCUT2D eigenvalue weighted by Gasteiger charge is -2.09. The molecule has 9 heteroatoms. The Morgan fingerprint density at radius 1 is 1.07 bits per heavy atom. The molecule has 1 atom stereocenters. The van der Waals surface area contributed by atoms with E-state index in [0.717, 1.165) is 17.7 Å². The van der Waals surface area contributed by atoms with Gasteiger partial charge in [0.05, 0.1) is 5.69 Å². The first-order chi connectivity index (χ1) is 13.5. The Kier molecular flexibility index (Phi) is 4.68. The van der Waals surface area contributed by atoms with Crippen LogP contribution in [0.1, 0.15) is 17.6 Å². The number of fused-ring (bicyclic) bond motifs is 1. The van der Waals surface area contributed by atoms with E-state index in [1.807, 2.05) is 30.3 Å². The fourth-order valence-corrected chi connectivity index (χ4v) is 2.76. The zero-order chi connectivity index (χ0) is 19.7. The maximum absolute atomic E-state index is 13.7. The third kappa shape index (κ3) is 3.53. The number of rotatable bonds is 5. The Balaban J connectivity index is 1.57. The Bertz CT molecular complexity index is 1130. The lowest BCUT2D eigenvalue weighted by molar-refractivity contribution is 0.127. The first-order valence-electron chi connectivity index (χ1n) is 8.45. The molecule has 0 aliphatic heterocycles. The van der Waals surface area contributed by atoms with Gasteiger partial charge in [0.15, 0.2) is 17.7 Å². The molecule has 2 heterocycles. The minimum atomic E-state index is -1.27. The summed E-state index contributed by atoms with van der Waals surface area (Å²) in [5, 5.41) is 17.1. The third-order valence-electron chi connectivity index (χ3n) is 4.18. The van der Waals surface area contributed by atoms with E-state index < -0.39 is 17.9 Å². The fourth-order valence-electron chi connectivity index (χ4n) is 2.76. The standard InChI is InChI=1S/C19H16F2N6O/c20-13-7-6-12(14(21)8-13)10-23-18(28)17-25-16-9-15(11-4-2-1-3-5-11)24-19(22)27(16)26-17/h1-9,18,23,28H,10H2,(H2,22,24). The highest BCUT2D eigenvalue weighted by molar-refractivity contribution is 5.65. The molecule has 0 spiro atoms. The van der Waals surface area contributed by atoms with Crippen molar-refractivity contribution in [1.29, 1.82) is 0 Å². The van der Waals surface area contributed by atoms with Gasteiger partial charge in [-0.1, -0.05) is 36.4 Å². The van der Waals surface area contributed by atoms with Gasteiger partial charge in [-0.15, -0.1) is 5.10 Å². The van der Waals surface area contributed by atoms with Crippen LogP contribution in [0, 0.1) is 11.6 Å². The number of hydrogen-bond donors (Lipinski definition) is 3. The van der Waals surface area contributed by atoms with Crippen molar-refractivity contribution >= 4 is 11.6 Å². The summed E-state index contributed by atoms with van der Waals surface area (Å²) in [5.74, 6) is -1.20. The molecule has 2 aromatic carbocycles. The molecule has 0 saturated heterocycles. The van der Waals surface area contributed by atoms with Gasteiger partial charge in [-0.05, 0) is 6.07 Å². The summed E-state index contributed by atoms with van der Waals surface area (Å²) in [6, 6.07) is 14.4. The molecular weight excluding hydrogens is 366 g/mol. The zero-order valence-corrected chi connectivity index (χ0v) is 14.5. The van der Waals surface area contributed by atoms with E-state index in [2.05, 4.69) is 20.4 Å². The van der Waals surface area contributed by atoms with Crippen molar-refractivity contribution in [2.75, 3.05) is 5.73 Å². The van der Waals surface area contributed by atoms with Gasteiger partial charge in [-0.2, -0.15) is 4.52 Å². The second kappa shape index (κ2) is 7.29. The lowest BCUT2D eigenvalue weighted by Crippen LogP contribution is -2.22. The molecule has 0 saturated carbocycles. The highest BCUT2D eigenvalue weighted by Gasteiger charge is 2.17. The molecule has 0 fully saturated rings. The van der Waals surface area contributed by atoms with Crippen LogP contribution in [-0.4, -0.2) is 24.7 Å². The van der Waals surface area contributed by atoms with Crippen LogP contribution in [0.25, 0.3) is 16.9 Å². The zero-order valence-electron chi connectivity index (χ0n) is 14.5. The van der Waals surface area contributed by atoms with Crippen molar-refractivity contribution in [3.63, 3.8) is 0 Å². The number of nitrogen functional groups attached to an aromatic ring is 1. The second-order valence-electron chi connectivity index (χ2n) is 6.12. The average Bonchev–Trinajstić information content (AvgIpc) is 3.13. The molecule has 0 radical (unpaired) electrons. The summed E-state index contributed by atoms with van der Waals surface area (Å²) < 4.78 is 28.0. The predicted molar refractivity (Wildman–Crippen MR) is 98.8 cm³/mol. The van der Waals surface area contributed by atoms with Gasteiger partial charge in [0.2, 0.25) is 5.95 Å². The van der Waals surface area contributed by atoms with E-state index in [4.69, 9.17) is 5.73 Å². The maximum Gasteiger partial charge on any atom is 0.223 e. The Morgan fingerprint density at radius 2 is 1.86 bits per heavy atom. The third-order valence-corrected chi connectivity index (χ3v) is 4.18. The summed E-state index contributed by atoms with van der Waals surface area (Å²) >= 11 is 0. The number of benzene rings is 2. The number of nitrogens with zero attached hydrogens (tertiary/aromatic N) is 4. The van der Waals surface area contributed by atoms with E-state index in [-0.39, 0.29) is 23.9 Å². The van der Waals surface area contributed by atoms with Crippen LogP contribution in [0.5, 0.6) is 0 Å². The quantitative estimate of drug-likeness (QED) is 0.458. The van der Waals surface area contributed by atoms with E-state index in [1.165, 1.54) is 10.6 Å². The van der Waals surface area contributed by atoms with E-state index >= 15 is 0 Å².